The standard InChI is InChI=1S/C24H21N5S/c1-16-10-12-19(13-11-16)29-23(18-7-5-6-17(2)14-18)27-28-24(29)30-15-22-25-20-8-3-4-9-21(20)26-22/h3-14H,15H2,1-2H3,(H,25,26). The number of thioether (sulfide) groups is 1. The van der Waals surface area contributed by atoms with Crippen LogP contribution in [-0.4, -0.2) is 24.7 Å². The number of nitrogens with zero attached hydrogens (tertiary/aromatic N) is 4. The van der Waals surface area contributed by atoms with Crippen LogP contribution in [0.2, 0.25) is 0 Å². The second-order valence-corrected chi connectivity index (χ2v) is 8.28. The first kappa shape index (κ1) is 18.6. The van der Waals surface area contributed by atoms with Crippen LogP contribution in [0.5, 0.6) is 0 Å². The van der Waals surface area contributed by atoms with Crippen LogP contribution in [0.25, 0.3) is 28.1 Å². The van der Waals surface area contributed by atoms with Gasteiger partial charge in [0.25, 0.3) is 0 Å². The summed E-state index contributed by atoms with van der Waals surface area (Å²) in [6.07, 6.45) is 0. The maximum atomic E-state index is 4.68. The third-order valence-corrected chi connectivity index (χ3v) is 5.92. The zero-order valence-corrected chi connectivity index (χ0v) is 17.6. The Hall–Kier alpha value is -3.38. The number of aryl methyl sites for hydroxylation is 2. The van der Waals surface area contributed by atoms with Crippen LogP contribution in [0.4, 0.5) is 0 Å². The maximum absolute atomic E-state index is 4.68. The van der Waals surface area contributed by atoms with Gasteiger partial charge in [-0.1, -0.05) is 65.4 Å². The summed E-state index contributed by atoms with van der Waals surface area (Å²) in [7, 11) is 0. The van der Waals surface area contributed by atoms with E-state index in [0.717, 1.165) is 39.1 Å². The van der Waals surface area contributed by atoms with Gasteiger partial charge in [0.15, 0.2) is 11.0 Å². The van der Waals surface area contributed by atoms with Crippen molar-refractivity contribution in [1.82, 2.24) is 24.7 Å². The second-order valence-electron chi connectivity index (χ2n) is 7.34. The first-order valence-electron chi connectivity index (χ1n) is 9.83. The summed E-state index contributed by atoms with van der Waals surface area (Å²) in [5.41, 5.74) is 6.55. The number of imidazole rings is 1. The fourth-order valence-electron chi connectivity index (χ4n) is 3.47. The number of nitrogens with one attached hydrogen (secondary N) is 1. The molecule has 0 aliphatic carbocycles. The highest BCUT2D eigenvalue weighted by molar-refractivity contribution is 7.98. The van der Waals surface area contributed by atoms with Crippen molar-refractivity contribution in [2.24, 2.45) is 0 Å². The van der Waals surface area contributed by atoms with Gasteiger partial charge in [0.05, 0.1) is 16.8 Å². The maximum Gasteiger partial charge on any atom is 0.196 e. The molecule has 0 unspecified atom stereocenters. The van der Waals surface area contributed by atoms with Crippen molar-refractivity contribution >= 4 is 22.8 Å². The molecule has 0 spiro atoms. The number of para-hydroxylation sites is 2. The Labute approximate surface area is 179 Å². The first-order chi connectivity index (χ1) is 14.7. The molecule has 5 rings (SSSR count). The van der Waals surface area contributed by atoms with Crippen molar-refractivity contribution in [3.05, 3.63) is 89.7 Å². The van der Waals surface area contributed by atoms with Gasteiger partial charge in [-0.2, -0.15) is 0 Å². The van der Waals surface area contributed by atoms with E-state index in [1.165, 1.54) is 11.1 Å². The fourth-order valence-corrected chi connectivity index (χ4v) is 4.29. The van der Waals surface area contributed by atoms with Crippen molar-refractivity contribution in [3.63, 3.8) is 0 Å². The van der Waals surface area contributed by atoms with E-state index in [0.29, 0.717) is 5.75 Å². The quantitative estimate of drug-likeness (QED) is 0.376. The summed E-state index contributed by atoms with van der Waals surface area (Å²) in [6.45, 7) is 4.18. The molecule has 0 amide bonds. The number of benzene rings is 3. The molecule has 0 saturated carbocycles. The van der Waals surface area contributed by atoms with Gasteiger partial charge < -0.3 is 4.98 Å². The SMILES string of the molecule is Cc1ccc(-n2c(SCc3nc4ccccc4[nH]3)nnc2-c2cccc(C)c2)cc1. The lowest BCUT2D eigenvalue weighted by molar-refractivity contribution is 0.884. The van der Waals surface area contributed by atoms with Gasteiger partial charge in [0, 0.05) is 11.3 Å². The van der Waals surface area contributed by atoms with Crippen LogP contribution in [0.1, 0.15) is 17.0 Å². The van der Waals surface area contributed by atoms with Crippen LogP contribution in [-0.2, 0) is 5.75 Å². The average molecular weight is 412 g/mol. The Bertz CT molecular complexity index is 1280. The van der Waals surface area contributed by atoms with Crippen molar-refractivity contribution in [2.45, 2.75) is 24.8 Å². The van der Waals surface area contributed by atoms with Gasteiger partial charge in [-0.3, -0.25) is 4.57 Å². The zero-order chi connectivity index (χ0) is 20.5. The Kier molecular flexibility index (Phi) is 4.85. The molecule has 2 heterocycles. The molecule has 3 aromatic carbocycles. The van der Waals surface area contributed by atoms with Crippen LogP contribution in [0.15, 0.2) is 78.0 Å². The van der Waals surface area contributed by atoms with Crippen molar-refractivity contribution in [2.75, 3.05) is 0 Å². The molecule has 0 aliphatic heterocycles. The minimum absolute atomic E-state index is 0.687. The number of aromatic amines is 1. The molecule has 0 bridgehead atoms. The van der Waals surface area contributed by atoms with Gasteiger partial charge >= 0.3 is 0 Å². The molecular weight excluding hydrogens is 390 g/mol. The van der Waals surface area contributed by atoms with Gasteiger partial charge in [0.2, 0.25) is 0 Å². The lowest BCUT2D eigenvalue weighted by atomic mass is 10.1. The molecule has 148 valence electrons. The van der Waals surface area contributed by atoms with E-state index in [9.17, 15) is 0 Å². The van der Waals surface area contributed by atoms with Gasteiger partial charge in [-0.25, -0.2) is 4.98 Å². The highest BCUT2D eigenvalue weighted by atomic mass is 32.2. The van der Waals surface area contributed by atoms with Crippen molar-refractivity contribution < 1.29 is 0 Å². The van der Waals surface area contributed by atoms with E-state index in [-0.39, 0.29) is 0 Å². The van der Waals surface area contributed by atoms with Gasteiger partial charge in [-0.15, -0.1) is 10.2 Å². The predicted octanol–water partition coefficient (Wildman–Crippen LogP) is 5.72. The summed E-state index contributed by atoms with van der Waals surface area (Å²) in [5.74, 6) is 2.46. The molecule has 30 heavy (non-hydrogen) atoms. The highest BCUT2D eigenvalue weighted by Gasteiger charge is 2.17. The van der Waals surface area contributed by atoms with Crippen LogP contribution < -0.4 is 0 Å². The van der Waals surface area contributed by atoms with Gasteiger partial charge in [0.1, 0.15) is 5.82 Å². The molecule has 0 radical (unpaired) electrons. The minimum Gasteiger partial charge on any atom is -0.341 e. The van der Waals surface area contributed by atoms with Crippen LogP contribution in [0, 0.1) is 13.8 Å². The first-order valence-corrected chi connectivity index (χ1v) is 10.8. The molecule has 0 aliphatic rings. The van der Waals surface area contributed by atoms with Crippen LogP contribution in [0.3, 0.4) is 0 Å². The summed E-state index contributed by atoms with van der Waals surface area (Å²) >= 11 is 1.63. The molecule has 5 aromatic rings. The molecule has 1 N–H and O–H groups in total. The summed E-state index contributed by atoms with van der Waals surface area (Å²) in [4.78, 5) is 8.07. The number of hydrogen-bond donors (Lipinski definition) is 1. The van der Waals surface area contributed by atoms with Crippen LogP contribution >= 0.6 is 11.8 Å². The third kappa shape index (κ3) is 3.62. The summed E-state index contributed by atoms with van der Waals surface area (Å²) < 4.78 is 2.13. The molecule has 2 aromatic heterocycles. The zero-order valence-electron chi connectivity index (χ0n) is 16.8. The summed E-state index contributed by atoms with van der Waals surface area (Å²) in [6, 6.07) is 24.9. The van der Waals surface area contributed by atoms with E-state index < -0.39 is 0 Å². The molecule has 0 fully saturated rings. The number of aromatic nitrogens is 5. The van der Waals surface area contributed by atoms with Crippen molar-refractivity contribution in [1.29, 1.82) is 0 Å². The van der Waals surface area contributed by atoms with E-state index in [2.05, 4.69) is 87.1 Å². The lowest BCUT2D eigenvalue weighted by Gasteiger charge is -2.11. The van der Waals surface area contributed by atoms with E-state index in [1.54, 1.807) is 11.8 Å². The summed E-state index contributed by atoms with van der Waals surface area (Å²) in [5, 5.41) is 9.91. The van der Waals surface area contributed by atoms with E-state index >= 15 is 0 Å². The Morgan fingerprint density at radius 1 is 0.867 bits per heavy atom. The molecule has 0 atom stereocenters. The molecule has 6 heteroatoms. The number of fused-ring (bicyclic) bond motifs is 1. The third-order valence-electron chi connectivity index (χ3n) is 4.98. The van der Waals surface area contributed by atoms with Gasteiger partial charge in [-0.05, 0) is 44.2 Å². The molecular formula is C24H21N5S. The minimum atomic E-state index is 0.687. The van der Waals surface area contributed by atoms with Crippen molar-refractivity contribution in [3.8, 4) is 17.1 Å². The topological polar surface area (TPSA) is 59.4 Å². The molecule has 5 nitrogen and oxygen atoms in total. The average Bonchev–Trinajstić information content (AvgIpc) is 3.36. The largest absolute Gasteiger partial charge is 0.341 e. The predicted molar refractivity (Wildman–Crippen MR) is 122 cm³/mol. The Morgan fingerprint density at radius 2 is 1.70 bits per heavy atom. The highest BCUT2D eigenvalue weighted by Crippen LogP contribution is 2.30. The monoisotopic (exact) mass is 411 g/mol. The molecule has 0 saturated heterocycles. The lowest BCUT2D eigenvalue weighted by Crippen LogP contribution is -2.00. The number of rotatable bonds is 5. The second kappa shape index (κ2) is 7.80. The normalized spacial score (nSPS) is 11.3. The van der Waals surface area contributed by atoms with E-state index in [4.69, 9.17) is 0 Å². The Balaban J connectivity index is 1.53. The fraction of sp³-hybridized carbons (Fsp3) is 0.125. The number of hydrogen-bond acceptors (Lipinski definition) is 4. The Morgan fingerprint density at radius 3 is 2.50 bits per heavy atom. The smallest absolute Gasteiger partial charge is 0.196 e. The van der Waals surface area contributed by atoms with E-state index in [1.807, 2.05) is 24.3 Å². The number of H-pyrrole nitrogens is 1.